The highest BCUT2D eigenvalue weighted by molar-refractivity contribution is 9.10. The zero-order valence-corrected chi connectivity index (χ0v) is 7.64. The summed E-state index contributed by atoms with van der Waals surface area (Å²) in [5.74, 6) is -0.0410. The van der Waals surface area contributed by atoms with Gasteiger partial charge in [0.15, 0.2) is 5.69 Å². The summed E-state index contributed by atoms with van der Waals surface area (Å²) < 4.78 is 9.39. The van der Waals surface area contributed by atoms with Gasteiger partial charge in [-0.25, -0.2) is 4.79 Å². The number of carbonyl (C=O) groups is 1. The van der Waals surface area contributed by atoms with Gasteiger partial charge in [0.2, 0.25) is 0 Å². The molecule has 1 heterocycles. The average molecular weight is 220 g/mol. The molecule has 0 unspecified atom stereocenters. The first-order valence-corrected chi connectivity index (χ1v) is 3.65. The highest BCUT2D eigenvalue weighted by atomic mass is 79.9. The molecular weight excluding hydrogens is 214 g/mol. The van der Waals surface area contributed by atoms with Gasteiger partial charge in [-0.15, -0.1) is 0 Å². The van der Waals surface area contributed by atoms with Crippen LogP contribution in [-0.2, 0) is 4.74 Å². The lowest BCUT2D eigenvalue weighted by atomic mass is 10.4. The van der Waals surface area contributed by atoms with Gasteiger partial charge in [0.25, 0.3) is 4.80 Å². The Morgan fingerprint density at radius 3 is 2.73 bits per heavy atom. The van der Waals surface area contributed by atoms with Crippen LogP contribution in [0.5, 0.6) is 0 Å². The molecule has 0 atom stereocenters. The van der Waals surface area contributed by atoms with Crippen molar-refractivity contribution in [1.29, 1.82) is 0 Å². The van der Waals surface area contributed by atoms with Crippen LogP contribution in [0.2, 0.25) is 0 Å². The minimum atomic E-state index is -0.489. The van der Waals surface area contributed by atoms with E-state index in [0.29, 0.717) is 5.76 Å². The van der Waals surface area contributed by atoms with Crippen molar-refractivity contribution in [3.8, 4) is 0 Å². The third kappa shape index (κ3) is 1.59. The number of hydrogen-bond acceptors (Lipinski definition) is 4. The molecule has 0 bridgehead atoms. The van der Waals surface area contributed by atoms with E-state index in [2.05, 4.69) is 25.7 Å². The van der Waals surface area contributed by atoms with Gasteiger partial charge in [0, 0.05) is 15.9 Å². The fraction of sp³-hybridized carbons (Fsp3) is 0.333. The third-order valence-corrected chi connectivity index (χ3v) is 1.49. The molecule has 0 spiro atoms. The fourth-order valence-electron chi connectivity index (χ4n) is 0.650. The topological polar surface area (TPSA) is 52.3 Å². The van der Waals surface area contributed by atoms with E-state index < -0.39 is 5.97 Å². The maximum absolute atomic E-state index is 10.9. The second-order valence-electron chi connectivity index (χ2n) is 1.86. The van der Waals surface area contributed by atoms with Gasteiger partial charge < -0.3 is 9.15 Å². The highest BCUT2D eigenvalue weighted by Gasteiger charge is 2.15. The second-order valence-corrected chi connectivity index (χ2v) is 2.54. The number of aromatic nitrogens is 1. The first-order valence-electron chi connectivity index (χ1n) is 2.86. The summed E-state index contributed by atoms with van der Waals surface area (Å²) in [4.78, 5) is 14.9. The number of esters is 1. The van der Waals surface area contributed by atoms with Gasteiger partial charge in [-0.1, -0.05) is 0 Å². The first-order chi connectivity index (χ1) is 5.15. The van der Waals surface area contributed by atoms with Crippen molar-refractivity contribution >= 4 is 21.9 Å². The monoisotopic (exact) mass is 219 g/mol. The molecule has 0 aliphatic rings. The molecular formula is C6H6BrNO3. The maximum Gasteiger partial charge on any atom is 0.360 e. The zero-order chi connectivity index (χ0) is 8.43. The van der Waals surface area contributed by atoms with E-state index in [0.717, 1.165) is 0 Å². The van der Waals surface area contributed by atoms with E-state index in [1.54, 1.807) is 6.92 Å². The quantitative estimate of drug-likeness (QED) is 0.673. The molecule has 1 rings (SSSR count). The van der Waals surface area contributed by atoms with Crippen molar-refractivity contribution in [2.45, 2.75) is 6.92 Å². The minimum Gasteiger partial charge on any atom is -0.464 e. The van der Waals surface area contributed by atoms with Crippen LogP contribution in [0, 0.1) is 6.92 Å². The van der Waals surface area contributed by atoms with Gasteiger partial charge in [-0.05, 0) is 6.92 Å². The lowest BCUT2D eigenvalue weighted by Gasteiger charge is -1.91. The van der Waals surface area contributed by atoms with E-state index >= 15 is 0 Å². The molecule has 0 amide bonds. The summed E-state index contributed by atoms with van der Waals surface area (Å²) >= 11 is 2.99. The summed E-state index contributed by atoms with van der Waals surface area (Å²) in [5.41, 5.74) is 0.208. The Bertz CT molecular complexity index is 281. The summed E-state index contributed by atoms with van der Waals surface area (Å²) in [5, 5.41) is 0. The number of oxazole rings is 1. The molecule has 4 nitrogen and oxygen atoms in total. The summed E-state index contributed by atoms with van der Waals surface area (Å²) in [6.07, 6.45) is 0. The number of ether oxygens (including phenoxy) is 1. The molecule has 60 valence electrons. The summed E-state index contributed by atoms with van der Waals surface area (Å²) in [6, 6.07) is 0. The number of nitrogens with zero attached hydrogens (tertiary/aromatic N) is 1. The van der Waals surface area contributed by atoms with Gasteiger partial charge >= 0.3 is 5.97 Å². The molecule has 1 aromatic rings. The zero-order valence-electron chi connectivity index (χ0n) is 6.05. The molecule has 0 N–H and O–H groups in total. The SMILES string of the molecule is COC(=O)c1nc(Br)oc1C. The van der Waals surface area contributed by atoms with E-state index in [1.807, 2.05) is 0 Å². The lowest BCUT2D eigenvalue weighted by molar-refractivity contribution is 0.0593. The van der Waals surface area contributed by atoms with Crippen molar-refractivity contribution in [2.75, 3.05) is 7.11 Å². The smallest absolute Gasteiger partial charge is 0.360 e. The minimum absolute atomic E-state index is 0.208. The molecule has 0 saturated heterocycles. The van der Waals surface area contributed by atoms with Crippen LogP contribution in [0.4, 0.5) is 0 Å². The Morgan fingerprint density at radius 1 is 1.73 bits per heavy atom. The number of halogens is 1. The molecule has 5 heteroatoms. The first kappa shape index (κ1) is 8.26. The van der Waals surface area contributed by atoms with E-state index in [4.69, 9.17) is 4.42 Å². The van der Waals surface area contributed by atoms with Crippen LogP contribution in [0.3, 0.4) is 0 Å². The van der Waals surface area contributed by atoms with Gasteiger partial charge in [0.05, 0.1) is 7.11 Å². The largest absolute Gasteiger partial charge is 0.464 e. The molecule has 0 saturated carbocycles. The van der Waals surface area contributed by atoms with Crippen molar-refractivity contribution in [2.24, 2.45) is 0 Å². The van der Waals surface area contributed by atoms with Crippen LogP contribution < -0.4 is 0 Å². The standard InChI is InChI=1S/C6H6BrNO3/c1-3-4(5(9)10-2)8-6(7)11-3/h1-2H3. The van der Waals surface area contributed by atoms with Crippen molar-refractivity contribution in [1.82, 2.24) is 4.98 Å². The van der Waals surface area contributed by atoms with Crippen molar-refractivity contribution < 1.29 is 13.9 Å². The predicted octanol–water partition coefficient (Wildman–Crippen LogP) is 1.53. The van der Waals surface area contributed by atoms with Crippen LogP contribution in [0.25, 0.3) is 0 Å². The Hall–Kier alpha value is -0.840. The third-order valence-electron chi connectivity index (χ3n) is 1.15. The highest BCUT2D eigenvalue weighted by Crippen LogP contribution is 2.14. The molecule has 11 heavy (non-hydrogen) atoms. The number of aryl methyl sites for hydroxylation is 1. The predicted molar refractivity (Wildman–Crippen MR) is 40.3 cm³/mol. The molecule has 1 aromatic heterocycles. The van der Waals surface area contributed by atoms with E-state index in [1.165, 1.54) is 7.11 Å². The Morgan fingerprint density at radius 2 is 2.36 bits per heavy atom. The lowest BCUT2D eigenvalue weighted by Crippen LogP contribution is -2.02. The van der Waals surface area contributed by atoms with E-state index in [9.17, 15) is 4.79 Å². The number of carbonyl (C=O) groups excluding carboxylic acids is 1. The van der Waals surface area contributed by atoms with Crippen LogP contribution >= 0.6 is 15.9 Å². The molecule has 0 radical (unpaired) electrons. The Balaban J connectivity index is 3.03. The Kier molecular flexibility index (Phi) is 2.28. The molecule has 0 aliphatic carbocycles. The number of hydrogen-bond donors (Lipinski definition) is 0. The molecule has 0 aliphatic heterocycles. The van der Waals surface area contributed by atoms with Crippen LogP contribution in [-0.4, -0.2) is 18.1 Å². The summed E-state index contributed by atoms with van der Waals surface area (Å²) in [6.45, 7) is 1.64. The Labute approximate surface area is 71.7 Å². The number of methoxy groups -OCH3 is 1. The van der Waals surface area contributed by atoms with Gasteiger partial charge in [-0.2, -0.15) is 4.98 Å². The van der Waals surface area contributed by atoms with Crippen molar-refractivity contribution in [3.63, 3.8) is 0 Å². The van der Waals surface area contributed by atoms with Crippen LogP contribution in [0.1, 0.15) is 16.2 Å². The normalized spacial score (nSPS) is 9.73. The van der Waals surface area contributed by atoms with Crippen molar-refractivity contribution in [3.05, 3.63) is 16.3 Å². The van der Waals surface area contributed by atoms with E-state index in [-0.39, 0.29) is 10.5 Å². The van der Waals surface area contributed by atoms with Gasteiger partial charge in [0.1, 0.15) is 5.76 Å². The number of rotatable bonds is 1. The molecule has 0 aromatic carbocycles. The van der Waals surface area contributed by atoms with Gasteiger partial charge in [-0.3, -0.25) is 0 Å². The van der Waals surface area contributed by atoms with Crippen LogP contribution in [0.15, 0.2) is 9.22 Å². The average Bonchev–Trinajstić information content (AvgIpc) is 2.28. The second kappa shape index (κ2) is 3.04. The fourth-order valence-corrected chi connectivity index (χ4v) is 1.07. The maximum atomic E-state index is 10.9. The molecule has 0 fully saturated rings. The summed E-state index contributed by atoms with van der Waals surface area (Å²) in [7, 11) is 1.30.